The Hall–Kier alpha value is -1.64. The van der Waals surface area contributed by atoms with Gasteiger partial charge >= 0.3 is 0 Å². The highest BCUT2D eigenvalue weighted by Gasteiger charge is 2.31. The predicted octanol–water partition coefficient (Wildman–Crippen LogP) is 1.63. The highest BCUT2D eigenvalue weighted by atomic mass is 16.5. The summed E-state index contributed by atoms with van der Waals surface area (Å²) >= 11 is 0. The molecule has 0 aromatic carbocycles. The molecule has 66 valence electrons. The lowest BCUT2D eigenvalue weighted by atomic mass is 9.80. The zero-order valence-corrected chi connectivity index (χ0v) is 7.01. The highest BCUT2D eigenvalue weighted by molar-refractivity contribution is 5.72. The summed E-state index contributed by atoms with van der Waals surface area (Å²) in [4.78, 5) is 11.0. The van der Waals surface area contributed by atoms with E-state index in [-0.39, 0.29) is 0 Å². The molecule has 0 spiro atoms. The van der Waals surface area contributed by atoms with Crippen LogP contribution < -0.4 is 0 Å². The van der Waals surface area contributed by atoms with Crippen LogP contribution >= 0.6 is 0 Å². The van der Waals surface area contributed by atoms with Crippen LogP contribution in [-0.2, 0) is 10.2 Å². The monoisotopic (exact) mass is 175 g/mol. The van der Waals surface area contributed by atoms with Crippen LogP contribution in [0.1, 0.15) is 12.1 Å². The molecule has 3 nitrogen and oxygen atoms in total. The molecule has 1 atom stereocenters. The second-order valence-electron chi connectivity index (χ2n) is 3.03. The molecular weight excluding hydrogens is 166 g/mol. The average Bonchev–Trinajstić information content (AvgIpc) is 2.72. The first-order valence-electron chi connectivity index (χ1n) is 4.09. The number of allylic oxidation sites excluding steroid dienone is 4. The fourth-order valence-corrected chi connectivity index (χ4v) is 1.43. The Kier molecular flexibility index (Phi) is 1.85. The molecule has 1 aromatic rings. The number of nitrogens with zero attached hydrogens (tertiary/aromatic N) is 1. The van der Waals surface area contributed by atoms with Crippen LogP contribution in [0.15, 0.2) is 41.2 Å². The van der Waals surface area contributed by atoms with Gasteiger partial charge in [-0.3, -0.25) is 0 Å². The van der Waals surface area contributed by atoms with Crippen molar-refractivity contribution in [2.24, 2.45) is 0 Å². The molecule has 0 aliphatic heterocycles. The Morgan fingerprint density at radius 3 is 3.00 bits per heavy atom. The molecule has 0 radical (unpaired) electrons. The van der Waals surface area contributed by atoms with Crippen LogP contribution in [-0.4, -0.2) is 11.4 Å². The second-order valence-corrected chi connectivity index (χ2v) is 3.03. The van der Waals surface area contributed by atoms with Gasteiger partial charge in [0.1, 0.15) is 18.2 Å². The maximum absolute atomic E-state index is 11.0. The van der Waals surface area contributed by atoms with Crippen molar-refractivity contribution in [3.8, 4) is 0 Å². The van der Waals surface area contributed by atoms with Crippen LogP contribution in [0.4, 0.5) is 0 Å². The van der Waals surface area contributed by atoms with E-state index in [1.54, 1.807) is 6.07 Å². The van der Waals surface area contributed by atoms with Gasteiger partial charge in [-0.05, 0) is 6.42 Å². The zero-order valence-electron chi connectivity index (χ0n) is 7.01. The summed E-state index contributed by atoms with van der Waals surface area (Å²) in [6.45, 7) is 0. The van der Waals surface area contributed by atoms with Crippen LogP contribution in [0.25, 0.3) is 0 Å². The lowest BCUT2D eigenvalue weighted by Gasteiger charge is -2.21. The van der Waals surface area contributed by atoms with Crippen molar-refractivity contribution >= 4 is 6.29 Å². The Labute approximate surface area is 75.7 Å². The maximum atomic E-state index is 11.0. The van der Waals surface area contributed by atoms with Gasteiger partial charge < -0.3 is 9.32 Å². The number of aldehydes is 1. The average molecular weight is 175 g/mol. The van der Waals surface area contributed by atoms with Crippen molar-refractivity contribution in [2.45, 2.75) is 11.8 Å². The molecule has 0 saturated heterocycles. The van der Waals surface area contributed by atoms with Crippen molar-refractivity contribution in [2.75, 3.05) is 0 Å². The van der Waals surface area contributed by atoms with Crippen molar-refractivity contribution in [3.63, 3.8) is 0 Å². The van der Waals surface area contributed by atoms with Crippen molar-refractivity contribution < 1.29 is 9.32 Å². The van der Waals surface area contributed by atoms with Gasteiger partial charge in [0.2, 0.25) is 0 Å². The number of carbonyl (C=O) groups is 1. The molecule has 1 aliphatic rings. The SMILES string of the molecule is O=CC1(c2ccon2)C=CC=CC1. The smallest absolute Gasteiger partial charge is 0.136 e. The fraction of sp³-hybridized carbons (Fsp3) is 0.200. The van der Waals surface area contributed by atoms with E-state index < -0.39 is 5.41 Å². The van der Waals surface area contributed by atoms with Crippen molar-refractivity contribution in [1.29, 1.82) is 0 Å². The quantitative estimate of drug-likeness (QED) is 0.641. The number of aromatic nitrogens is 1. The van der Waals surface area contributed by atoms with Gasteiger partial charge in [0, 0.05) is 6.07 Å². The van der Waals surface area contributed by atoms with Gasteiger partial charge in [0.25, 0.3) is 0 Å². The topological polar surface area (TPSA) is 43.1 Å². The summed E-state index contributed by atoms with van der Waals surface area (Å²) in [6.07, 6.45) is 10.6. The number of hydrogen-bond acceptors (Lipinski definition) is 3. The van der Waals surface area contributed by atoms with Gasteiger partial charge in [0.15, 0.2) is 0 Å². The summed E-state index contributed by atoms with van der Waals surface area (Å²) in [5, 5.41) is 3.79. The Morgan fingerprint density at radius 2 is 2.46 bits per heavy atom. The maximum Gasteiger partial charge on any atom is 0.136 e. The Morgan fingerprint density at radius 1 is 1.54 bits per heavy atom. The number of rotatable bonds is 2. The number of hydrogen-bond donors (Lipinski definition) is 0. The minimum atomic E-state index is -0.609. The van der Waals surface area contributed by atoms with Gasteiger partial charge in [0.05, 0.1) is 5.41 Å². The summed E-state index contributed by atoms with van der Waals surface area (Å²) in [5.41, 5.74) is 0.0602. The molecule has 0 amide bonds. The van der Waals surface area contributed by atoms with Crippen LogP contribution in [0.5, 0.6) is 0 Å². The first-order chi connectivity index (χ1) is 6.37. The van der Waals surface area contributed by atoms with E-state index in [0.717, 1.165) is 6.29 Å². The largest absolute Gasteiger partial charge is 0.364 e. The molecule has 1 heterocycles. The van der Waals surface area contributed by atoms with Crippen LogP contribution in [0, 0.1) is 0 Å². The summed E-state index contributed by atoms with van der Waals surface area (Å²) in [7, 11) is 0. The minimum Gasteiger partial charge on any atom is -0.364 e. The molecule has 13 heavy (non-hydrogen) atoms. The Bertz CT molecular complexity index is 351. The van der Waals surface area contributed by atoms with E-state index in [1.165, 1.54) is 6.26 Å². The predicted molar refractivity (Wildman–Crippen MR) is 47.1 cm³/mol. The van der Waals surface area contributed by atoms with E-state index in [2.05, 4.69) is 5.16 Å². The lowest BCUT2D eigenvalue weighted by molar-refractivity contribution is -0.111. The van der Waals surface area contributed by atoms with E-state index in [4.69, 9.17) is 4.52 Å². The van der Waals surface area contributed by atoms with Gasteiger partial charge in [-0.1, -0.05) is 29.5 Å². The Balaban J connectivity index is 2.42. The normalized spacial score (nSPS) is 26.2. The molecule has 3 heteroatoms. The molecule has 0 N–H and O–H groups in total. The third-order valence-electron chi connectivity index (χ3n) is 2.22. The van der Waals surface area contributed by atoms with Gasteiger partial charge in [-0.15, -0.1) is 0 Å². The first-order valence-corrected chi connectivity index (χ1v) is 4.09. The first kappa shape index (κ1) is 7.98. The molecule has 0 fully saturated rings. The lowest BCUT2D eigenvalue weighted by Crippen LogP contribution is -2.26. The molecule has 0 bridgehead atoms. The van der Waals surface area contributed by atoms with Gasteiger partial charge in [-0.2, -0.15) is 0 Å². The van der Waals surface area contributed by atoms with E-state index in [1.807, 2.05) is 24.3 Å². The summed E-state index contributed by atoms with van der Waals surface area (Å²) < 4.78 is 4.73. The fourth-order valence-electron chi connectivity index (χ4n) is 1.43. The third-order valence-corrected chi connectivity index (χ3v) is 2.22. The van der Waals surface area contributed by atoms with E-state index in [0.29, 0.717) is 12.1 Å². The van der Waals surface area contributed by atoms with Crippen LogP contribution in [0.2, 0.25) is 0 Å². The highest BCUT2D eigenvalue weighted by Crippen LogP contribution is 2.28. The van der Waals surface area contributed by atoms with Gasteiger partial charge in [-0.25, -0.2) is 0 Å². The molecule has 1 aromatic heterocycles. The standard InChI is InChI=1S/C10H9NO2/c12-8-10(5-2-1-3-6-10)9-4-7-13-11-9/h1-5,7-8H,6H2. The molecule has 2 rings (SSSR count). The molecule has 0 saturated carbocycles. The van der Waals surface area contributed by atoms with Crippen LogP contribution in [0.3, 0.4) is 0 Å². The second kappa shape index (κ2) is 3.01. The zero-order chi connectivity index (χ0) is 9.15. The molecule has 1 unspecified atom stereocenters. The molecular formula is C10H9NO2. The summed E-state index contributed by atoms with van der Waals surface area (Å²) in [5.74, 6) is 0. The minimum absolute atomic E-state index is 0.609. The van der Waals surface area contributed by atoms with E-state index >= 15 is 0 Å². The van der Waals surface area contributed by atoms with Crippen molar-refractivity contribution in [1.82, 2.24) is 5.16 Å². The van der Waals surface area contributed by atoms with E-state index in [9.17, 15) is 4.79 Å². The third kappa shape index (κ3) is 1.22. The van der Waals surface area contributed by atoms with Crippen molar-refractivity contribution in [3.05, 3.63) is 42.3 Å². The molecule has 1 aliphatic carbocycles. The number of carbonyl (C=O) groups excluding carboxylic acids is 1. The summed E-state index contributed by atoms with van der Waals surface area (Å²) in [6, 6.07) is 1.72.